The molecule has 2 rings (SSSR count). The summed E-state index contributed by atoms with van der Waals surface area (Å²) in [5.74, 6) is -1.93. The number of carboxylic acid groups (broad SMARTS) is 1. The fraction of sp³-hybridized carbons (Fsp3) is 0.429. The smallest absolute Gasteiger partial charge is 0.306 e. The maximum atomic E-state index is 12.3. The SMILES string of the molecule is CC1CC(C(=O)O)CCN1C(=O)c1cc(O)cc(O)c1. The first-order valence-corrected chi connectivity index (χ1v) is 6.45. The van der Waals surface area contributed by atoms with E-state index in [1.54, 1.807) is 11.8 Å². The number of carbonyl (C=O) groups is 2. The van der Waals surface area contributed by atoms with Gasteiger partial charge in [0, 0.05) is 24.2 Å². The van der Waals surface area contributed by atoms with Crippen LogP contribution in [0.3, 0.4) is 0 Å². The summed E-state index contributed by atoms with van der Waals surface area (Å²) in [6.45, 7) is 2.16. The minimum atomic E-state index is -0.834. The Hall–Kier alpha value is -2.24. The van der Waals surface area contributed by atoms with Crippen LogP contribution in [0.1, 0.15) is 30.1 Å². The van der Waals surface area contributed by atoms with E-state index in [0.29, 0.717) is 19.4 Å². The third-order valence-electron chi connectivity index (χ3n) is 3.64. The molecule has 1 heterocycles. The number of carbonyl (C=O) groups excluding carboxylic acids is 1. The summed E-state index contributed by atoms with van der Waals surface area (Å²) in [6.07, 6.45) is 0.822. The summed E-state index contributed by atoms with van der Waals surface area (Å²) in [5, 5.41) is 27.8. The lowest BCUT2D eigenvalue weighted by molar-refractivity contribution is -0.143. The molecule has 0 bridgehead atoms. The largest absolute Gasteiger partial charge is 0.508 e. The molecule has 0 radical (unpaired) electrons. The van der Waals surface area contributed by atoms with Crippen molar-refractivity contribution < 1.29 is 24.9 Å². The molecule has 2 atom stereocenters. The quantitative estimate of drug-likeness (QED) is 0.760. The van der Waals surface area contributed by atoms with Gasteiger partial charge >= 0.3 is 5.97 Å². The van der Waals surface area contributed by atoms with Crippen molar-refractivity contribution in [1.82, 2.24) is 4.90 Å². The monoisotopic (exact) mass is 279 g/mol. The number of carboxylic acids is 1. The van der Waals surface area contributed by atoms with Gasteiger partial charge in [0.2, 0.25) is 0 Å². The van der Waals surface area contributed by atoms with E-state index in [1.807, 2.05) is 0 Å². The van der Waals surface area contributed by atoms with Crippen molar-refractivity contribution in [3.63, 3.8) is 0 Å². The minimum absolute atomic E-state index is 0.179. The molecule has 2 unspecified atom stereocenters. The van der Waals surface area contributed by atoms with Crippen molar-refractivity contribution in [1.29, 1.82) is 0 Å². The topological polar surface area (TPSA) is 98.1 Å². The van der Waals surface area contributed by atoms with Crippen LogP contribution in [-0.4, -0.2) is 44.7 Å². The van der Waals surface area contributed by atoms with E-state index in [9.17, 15) is 19.8 Å². The molecule has 1 saturated heterocycles. The van der Waals surface area contributed by atoms with Crippen LogP contribution >= 0.6 is 0 Å². The molecule has 1 aromatic rings. The van der Waals surface area contributed by atoms with Gasteiger partial charge in [-0.2, -0.15) is 0 Å². The molecule has 6 heteroatoms. The summed E-state index contributed by atoms with van der Waals surface area (Å²) >= 11 is 0. The Morgan fingerprint density at radius 2 is 1.80 bits per heavy atom. The highest BCUT2D eigenvalue weighted by Gasteiger charge is 2.32. The van der Waals surface area contributed by atoms with E-state index in [0.717, 1.165) is 6.07 Å². The van der Waals surface area contributed by atoms with Gasteiger partial charge in [-0.15, -0.1) is 0 Å². The molecule has 3 N–H and O–H groups in total. The van der Waals surface area contributed by atoms with Crippen LogP contribution in [-0.2, 0) is 4.79 Å². The van der Waals surface area contributed by atoms with Gasteiger partial charge in [-0.05, 0) is 31.9 Å². The number of rotatable bonds is 2. The van der Waals surface area contributed by atoms with Gasteiger partial charge in [0.05, 0.1) is 5.92 Å². The molecule has 6 nitrogen and oxygen atoms in total. The van der Waals surface area contributed by atoms with Crippen LogP contribution in [0.5, 0.6) is 11.5 Å². The van der Waals surface area contributed by atoms with Gasteiger partial charge in [0.15, 0.2) is 0 Å². The Morgan fingerprint density at radius 1 is 1.20 bits per heavy atom. The van der Waals surface area contributed by atoms with Crippen molar-refractivity contribution in [2.45, 2.75) is 25.8 Å². The summed E-state index contributed by atoms with van der Waals surface area (Å²) in [6, 6.07) is 3.54. The lowest BCUT2D eigenvalue weighted by Gasteiger charge is -2.36. The first-order chi connectivity index (χ1) is 9.38. The molecular weight excluding hydrogens is 262 g/mol. The molecule has 1 amide bonds. The minimum Gasteiger partial charge on any atom is -0.508 e. The van der Waals surface area contributed by atoms with Gasteiger partial charge < -0.3 is 20.2 Å². The van der Waals surface area contributed by atoms with Crippen LogP contribution in [0.15, 0.2) is 18.2 Å². The number of hydrogen-bond acceptors (Lipinski definition) is 4. The highest BCUT2D eigenvalue weighted by atomic mass is 16.4. The number of benzene rings is 1. The Labute approximate surface area is 116 Å². The average Bonchev–Trinajstić information content (AvgIpc) is 2.36. The molecule has 108 valence electrons. The number of aliphatic carboxylic acids is 1. The van der Waals surface area contributed by atoms with Crippen molar-refractivity contribution in [3.8, 4) is 11.5 Å². The predicted octanol–water partition coefficient (Wildman–Crippen LogP) is 1.42. The van der Waals surface area contributed by atoms with Gasteiger partial charge in [-0.1, -0.05) is 0 Å². The number of hydrogen-bond donors (Lipinski definition) is 3. The Balaban J connectivity index is 2.15. The summed E-state index contributed by atoms with van der Waals surface area (Å²) in [4.78, 5) is 24.9. The lowest BCUT2D eigenvalue weighted by Crippen LogP contribution is -2.46. The maximum absolute atomic E-state index is 12.3. The zero-order chi connectivity index (χ0) is 14.9. The molecule has 1 fully saturated rings. The summed E-state index contributed by atoms with van der Waals surface area (Å²) < 4.78 is 0. The number of phenols is 2. The number of likely N-dealkylation sites (tertiary alicyclic amines) is 1. The summed E-state index contributed by atoms with van der Waals surface area (Å²) in [7, 11) is 0. The highest BCUT2D eigenvalue weighted by Crippen LogP contribution is 2.27. The van der Waals surface area contributed by atoms with Crippen LogP contribution < -0.4 is 0 Å². The number of piperidine rings is 1. The Kier molecular flexibility index (Phi) is 3.83. The standard InChI is InChI=1S/C14H17NO5/c1-8-4-9(14(19)20)2-3-15(8)13(18)10-5-11(16)7-12(17)6-10/h5-9,16-17H,2-4H2,1H3,(H,19,20). The van der Waals surface area contributed by atoms with Crippen molar-refractivity contribution in [2.24, 2.45) is 5.92 Å². The first-order valence-electron chi connectivity index (χ1n) is 6.45. The van der Waals surface area contributed by atoms with Crippen molar-refractivity contribution in [2.75, 3.05) is 6.54 Å². The molecule has 1 aromatic carbocycles. The molecule has 0 aliphatic carbocycles. The van der Waals surface area contributed by atoms with Crippen LogP contribution in [0, 0.1) is 5.92 Å². The molecule has 20 heavy (non-hydrogen) atoms. The zero-order valence-electron chi connectivity index (χ0n) is 11.1. The second kappa shape index (κ2) is 5.40. The van der Waals surface area contributed by atoms with E-state index in [4.69, 9.17) is 5.11 Å². The van der Waals surface area contributed by atoms with Gasteiger partial charge in [0.25, 0.3) is 5.91 Å². The van der Waals surface area contributed by atoms with Crippen molar-refractivity contribution >= 4 is 11.9 Å². The van der Waals surface area contributed by atoms with Crippen molar-refractivity contribution in [3.05, 3.63) is 23.8 Å². The Morgan fingerprint density at radius 3 is 2.30 bits per heavy atom. The third kappa shape index (κ3) is 2.84. The third-order valence-corrected chi connectivity index (χ3v) is 3.64. The average molecular weight is 279 g/mol. The van der Waals surface area contributed by atoms with Crippen LogP contribution in [0.4, 0.5) is 0 Å². The first kappa shape index (κ1) is 14.2. The number of phenolic OH excluding ortho intramolecular Hbond substituents is 2. The van der Waals surface area contributed by atoms with E-state index < -0.39 is 11.9 Å². The molecule has 0 aromatic heterocycles. The predicted molar refractivity (Wildman–Crippen MR) is 70.6 cm³/mol. The molecule has 0 spiro atoms. The fourth-order valence-corrected chi connectivity index (χ4v) is 2.58. The Bertz CT molecular complexity index is 522. The second-order valence-corrected chi connectivity index (χ2v) is 5.15. The molecule has 0 saturated carbocycles. The van der Waals surface area contributed by atoms with Crippen LogP contribution in [0.2, 0.25) is 0 Å². The highest BCUT2D eigenvalue weighted by molar-refractivity contribution is 5.95. The lowest BCUT2D eigenvalue weighted by atomic mass is 9.91. The maximum Gasteiger partial charge on any atom is 0.306 e. The van der Waals surface area contributed by atoms with E-state index in [-0.39, 0.29) is 29.0 Å². The van der Waals surface area contributed by atoms with E-state index in [1.165, 1.54) is 12.1 Å². The van der Waals surface area contributed by atoms with E-state index >= 15 is 0 Å². The zero-order valence-corrected chi connectivity index (χ0v) is 11.1. The normalized spacial score (nSPS) is 22.6. The molecular formula is C14H17NO5. The van der Waals surface area contributed by atoms with Gasteiger partial charge in [0.1, 0.15) is 11.5 Å². The number of aromatic hydroxyl groups is 2. The second-order valence-electron chi connectivity index (χ2n) is 5.15. The number of amides is 1. The fourth-order valence-electron chi connectivity index (χ4n) is 2.58. The molecule has 1 aliphatic heterocycles. The number of nitrogens with zero attached hydrogens (tertiary/aromatic N) is 1. The van der Waals surface area contributed by atoms with Gasteiger partial charge in [-0.25, -0.2) is 0 Å². The van der Waals surface area contributed by atoms with Gasteiger partial charge in [-0.3, -0.25) is 9.59 Å². The molecule has 1 aliphatic rings. The summed E-state index contributed by atoms with van der Waals surface area (Å²) in [5.41, 5.74) is 0.197. The van der Waals surface area contributed by atoms with Crippen LogP contribution in [0.25, 0.3) is 0 Å². The van der Waals surface area contributed by atoms with E-state index in [2.05, 4.69) is 0 Å².